The molecule has 1 aliphatic rings. The van der Waals surface area contributed by atoms with Gasteiger partial charge in [0.15, 0.2) is 0 Å². The van der Waals surface area contributed by atoms with Crippen LogP contribution in [0.2, 0.25) is 5.02 Å². The Morgan fingerprint density at radius 3 is 2.53 bits per heavy atom. The van der Waals surface area contributed by atoms with Gasteiger partial charge in [-0.3, -0.25) is 4.90 Å². The lowest BCUT2D eigenvalue weighted by atomic mass is 10.3. The van der Waals surface area contributed by atoms with E-state index in [1.165, 1.54) is 0 Å². The molecule has 19 heavy (non-hydrogen) atoms. The van der Waals surface area contributed by atoms with Crippen molar-refractivity contribution in [1.82, 2.24) is 4.90 Å². The van der Waals surface area contributed by atoms with Crippen molar-refractivity contribution in [2.45, 2.75) is 0 Å². The molecule has 2 rings (SSSR count). The second kappa shape index (κ2) is 9.21. The average molecular weight is 304 g/mol. The minimum atomic E-state index is 0. The third-order valence-electron chi connectivity index (χ3n) is 2.79. The molecule has 3 nitrogen and oxygen atoms in total. The molecule has 0 amide bonds. The molecule has 1 aromatic rings. The number of hydrogen-bond acceptors (Lipinski definition) is 3. The van der Waals surface area contributed by atoms with Crippen LogP contribution in [0.25, 0.3) is 0 Å². The molecule has 106 valence electrons. The highest BCUT2D eigenvalue weighted by molar-refractivity contribution is 6.30. The third-order valence-corrected chi connectivity index (χ3v) is 3.05. The number of morpholine rings is 1. The molecule has 1 heterocycles. The van der Waals surface area contributed by atoms with Crippen LogP contribution in [0.15, 0.2) is 36.4 Å². The van der Waals surface area contributed by atoms with Gasteiger partial charge in [0.25, 0.3) is 0 Å². The molecular weight excluding hydrogens is 285 g/mol. The van der Waals surface area contributed by atoms with E-state index in [4.69, 9.17) is 21.1 Å². The van der Waals surface area contributed by atoms with Crippen LogP contribution in [0.5, 0.6) is 5.75 Å². The van der Waals surface area contributed by atoms with Crippen LogP contribution >= 0.6 is 24.0 Å². The Labute approximate surface area is 125 Å². The molecular formula is C14H19Cl2NO2. The van der Waals surface area contributed by atoms with Crippen molar-refractivity contribution in [2.75, 3.05) is 39.5 Å². The predicted octanol–water partition coefficient (Wildman–Crippen LogP) is 3.03. The molecule has 0 spiro atoms. The van der Waals surface area contributed by atoms with Crippen LogP contribution < -0.4 is 4.74 Å². The normalized spacial score (nSPS) is 16.3. The molecule has 0 bridgehead atoms. The molecule has 0 saturated carbocycles. The molecule has 0 radical (unpaired) electrons. The van der Waals surface area contributed by atoms with Gasteiger partial charge in [0, 0.05) is 24.7 Å². The van der Waals surface area contributed by atoms with E-state index in [2.05, 4.69) is 11.0 Å². The van der Waals surface area contributed by atoms with Crippen molar-refractivity contribution in [3.05, 3.63) is 41.4 Å². The third kappa shape index (κ3) is 6.30. The van der Waals surface area contributed by atoms with Gasteiger partial charge in [0.2, 0.25) is 0 Å². The Bertz CT molecular complexity index is 376. The standard InChI is InChI=1S/C14H18ClNO2.ClH/c15-13-3-5-14(6-4-13)18-10-2-1-7-16-8-11-17-12-9-16;/h1-6H,7-12H2;1H. The lowest BCUT2D eigenvalue weighted by Gasteiger charge is -2.25. The molecule has 1 aromatic carbocycles. The Balaban J connectivity index is 0.00000180. The summed E-state index contributed by atoms with van der Waals surface area (Å²) in [6, 6.07) is 7.40. The highest BCUT2D eigenvalue weighted by Crippen LogP contribution is 2.15. The number of ether oxygens (including phenoxy) is 2. The molecule has 1 saturated heterocycles. The highest BCUT2D eigenvalue weighted by Gasteiger charge is 2.07. The fourth-order valence-corrected chi connectivity index (χ4v) is 1.88. The number of benzene rings is 1. The SMILES string of the molecule is Cl.Clc1ccc(OCC=CCN2CCOCC2)cc1. The topological polar surface area (TPSA) is 21.7 Å². The van der Waals surface area contributed by atoms with Crippen molar-refractivity contribution in [3.8, 4) is 5.75 Å². The summed E-state index contributed by atoms with van der Waals surface area (Å²) in [6.45, 7) is 5.27. The van der Waals surface area contributed by atoms with Gasteiger partial charge < -0.3 is 9.47 Å². The van der Waals surface area contributed by atoms with Crippen molar-refractivity contribution < 1.29 is 9.47 Å². The number of rotatable bonds is 5. The Morgan fingerprint density at radius 2 is 1.84 bits per heavy atom. The fourth-order valence-electron chi connectivity index (χ4n) is 1.75. The molecule has 0 atom stereocenters. The van der Waals surface area contributed by atoms with E-state index >= 15 is 0 Å². The first-order valence-corrected chi connectivity index (χ1v) is 6.56. The summed E-state index contributed by atoms with van der Waals surface area (Å²) in [5, 5.41) is 0.727. The maximum atomic E-state index is 5.80. The zero-order valence-electron chi connectivity index (χ0n) is 10.8. The number of halogens is 2. The van der Waals surface area contributed by atoms with E-state index in [0.717, 1.165) is 43.6 Å². The van der Waals surface area contributed by atoms with Crippen LogP contribution in [-0.4, -0.2) is 44.4 Å². The highest BCUT2D eigenvalue weighted by atomic mass is 35.5. The molecule has 1 fully saturated rings. The minimum Gasteiger partial charge on any atom is -0.490 e. The van der Waals surface area contributed by atoms with Crippen molar-refractivity contribution >= 4 is 24.0 Å². The number of nitrogens with zero attached hydrogens (tertiary/aromatic N) is 1. The van der Waals surface area contributed by atoms with Crippen LogP contribution in [-0.2, 0) is 4.74 Å². The summed E-state index contributed by atoms with van der Waals surface area (Å²) < 4.78 is 10.9. The maximum absolute atomic E-state index is 5.80. The summed E-state index contributed by atoms with van der Waals surface area (Å²) >= 11 is 5.80. The molecule has 1 aliphatic heterocycles. The second-order valence-electron chi connectivity index (χ2n) is 4.15. The van der Waals surface area contributed by atoms with Gasteiger partial charge in [-0.05, 0) is 24.3 Å². The van der Waals surface area contributed by atoms with Gasteiger partial charge in [-0.15, -0.1) is 12.4 Å². The van der Waals surface area contributed by atoms with E-state index in [-0.39, 0.29) is 12.4 Å². The van der Waals surface area contributed by atoms with Gasteiger partial charge >= 0.3 is 0 Å². The van der Waals surface area contributed by atoms with Gasteiger partial charge in [-0.1, -0.05) is 23.8 Å². The van der Waals surface area contributed by atoms with Crippen molar-refractivity contribution in [1.29, 1.82) is 0 Å². The lowest BCUT2D eigenvalue weighted by Crippen LogP contribution is -2.36. The van der Waals surface area contributed by atoms with Crippen LogP contribution in [0.3, 0.4) is 0 Å². The monoisotopic (exact) mass is 303 g/mol. The van der Waals surface area contributed by atoms with E-state index in [1.807, 2.05) is 30.3 Å². The summed E-state index contributed by atoms with van der Waals surface area (Å²) in [7, 11) is 0. The van der Waals surface area contributed by atoms with Gasteiger partial charge in [-0.25, -0.2) is 0 Å². The van der Waals surface area contributed by atoms with Gasteiger partial charge in [0.05, 0.1) is 13.2 Å². The van der Waals surface area contributed by atoms with E-state index in [9.17, 15) is 0 Å². The largest absolute Gasteiger partial charge is 0.490 e. The average Bonchev–Trinajstić information content (AvgIpc) is 2.42. The molecule has 0 unspecified atom stereocenters. The Hall–Kier alpha value is -0.740. The Morgan fingerprint density at radius 1 is 1.16 bits per heavy atom. The first-order valence-electron chi connectivity index (χ1n) is 6.18. The molecule has 0 aliphatic carbocycles. The smallest absolute Gasteiger partial charge is 0.119 e. The summed E-state index contributed by atoms with van der Waals surface area (Å²) in [5.41, 5.74) is 0. The number of hydrogen-bond donors (Lipinski definition) is 0. The zero-order chi connectivity index (χ0) is 12.6. The fraction of sp³-hybridized carbons (Fsp3) is 0.429. The van der Waals surface area contributed by atoms with Crippen LogP contribution in [0, 0.1) is 0 Å². The maximum Gasteiger partial charge on any atom is 0.119 e. The quantitative estimate of drug-likeness (QED) is 0.781. The van der Waals surface area contributed by atoms with Crippen molar-refractivity contribution in [3.63, 3.8) is 0 Å². The summed E-state index contributed by atoms with van der Waals surface area (Å²) in [5.74, 6) is 0.843. The minimum absolute atomic E-state index is 0. The predicted molar refractivity (Wildman–Crippen MR) is 80.6 cm³/mol. The van der Waals surface area contributed by atoms with Gasteiger partial charge in [0.1, 0.15) is 12.4 Å². The Kier molecular flexibility index (Phi) is 7.91. The summed E-state index contributed by atoms with van der Waals surface area (Å²) in [4.78, 5) is 2.36. The first kappa shape index (κ1) is 16.3. The van der Waals surface area contributed by atoms with Gasteiger partial charge in [-0.2, -0.15) is 0 Å². The van der Waals surface area contributed by atoms with Crippen molar-refractivity contribution in [2.24, 2.45) is 0 Å². The second-order valence-corrected chi connectivity index (χ2v) is 4.59. The van der Waals surface area contributed by atoms with E-state index in [1.54, 1.807) is 0 Å². The lowest BCUT2D eigenvalue weighted by molar-refractivity contribution is 0.0434. The molecule has 0 aromatic heterocycles. The first-order chi connectivity index (χ1) is 8.84. The zero-order valence-corrected chi connectivity index (χ0v) is 12.3. The van der Waals surface area contributed by atoms with E-state index < -0.39 is 0 Å². The van der Waals surface area contributed by atoms with Crippen LogP contribution in [0.1, 0.15) is 0 Å². The summed E-state index contributed by atoms with van der Waals surface area (Å²) in [6.07, 6.45) is 4.19. The van der Waals surface area contributed by atoms with Crippen LogP contribution in [0.4, 0.5) is 0 Å². The molecule has 5 heteroatoms. The van der Waals surface area contributed by atoms with E-state index in [0.29, 0.717) is 6.61 Å². The molecule has 0 N–H and O–H groups in total.